The third-order valence-electron chi connectivity index (χ3n) is 2.56. The van der Waals surface area contributed by atoms with E-state index < -0.39 is 6.10 Å². The predicted octanol–water partition coefficient (Wildman–Crippen LogP) is 1.45. The number of nitrogens with one attached hydrogen (secondary N) is 1. The van der Waals surface area contributed by atoms with Gasteiger partial charge in [-0.25, -0.2) is 0 Å². The first-order valence-corrected chi connectivity index (χ1v) is 6.28. The van der Waals surface area contributed by atoms with E-state index in [1.165, 1.54) is 0 Å². The van der Waals surface area contributed by atoms with Crippen LogP contribution in [0.2, 0.25) is 5.02 Å². The Bertz CT molecular complexity index is 400. The average Bonchev–Trinajstić information content (AvgIpc) is 2.38. The standard InChI is InChI=1S/C13H20ClNO4/c1-17-8-10(16)7-15-6-9-4-11(14)13(19-3)12(5-9)18-2/h4-5,10,15-16H,6-8H2,1-3H3. The Balaban J connectivity index is 2.62. The highest BCUT2D eigenvalue weighted by atomic mass is 35.5. The molecule has 108 valence electrons. The molecule has 0 spiro atoms. The molecule has 0 aliphatic carbocycles. The van der Waals surface area contributed by atoms with E-state index in [4.69, 9.17) is 25.8 Å². The molecule has 1 aromatic rings. The number of aliphatic hydroxyl groups is 1. The molecule has 0 saturated heterocycles. The molecule has 0 aliphatic heterocycles. The second-order valence-corrected chi connectivity index (χ2v) is 4.46. The minimum atomic E-state index is -0.527. The van der Waals surface area contributed by atoms with Gasteiger partial charge in [0.05, 0.1) is 32.0 Å². The van der Waals surface area contributed by atoms with Gasteiger partial charge in [0.15, 0.2) is 11.5 Å². The summed E-state index contributed by atoms with van der Waals surface area (Å²) in [5.74, 6) is 1.11. The van der Waals surface area contributed by atoms with Crippen molar-refractivity contribution in [2.24, 2.45) is 0 Å². The minimum Gasteiger partial charge on any atom is -0.493 e. The molecule has 0 saturated carbocycles. The number of hydrogen-bond donors (Lipinski definition) is 2. The van der Waals surface area contributed by atoms with Gasteiger partial charge < -0.3 is 24.6 Å². The van der Waals surface area contributed by atoms with Crippen molar-refractivity contribution >= 4 is 11.6 Å². The highest BCUT2D eigenvalue weighted by Gasteiger charge is 2.11. The SMILES string of the molecule is COCC(O)CNCc1cc(Cl)c(OC)c(OC)c1. The van der Waals surface area contributed by atoms with Crippen LogP contribution in [0, 0.1) is 0 Å². The molecular weight excluding hydrogens is 270 g/mol. The van der Waals surface area contributed by atoms with Crippen LogP contribution in [0.25, 0.3) is 0 Å². The highest BCUT2D eigenvalue weighted by Crippen LogP contribution is 2.35. The first kappa shape index (κ1) is 16.0. The molecule has 0 heterocycles. The van der Waals surface area contributed by atoms with Crippen molar-refractivity contribution in [2.45, 2.75) is 12.6 Å². The molecule has 1 atom stereocenters. The van der Waals surface area contributed by atoms with Gasteiger partial charge in [-0.05, 0) is 17.7 Å². The van der Waals surface area contributed by atoms with Gasteiger partial charge in [-0.15, -0.1) is 0 Å². The molecule has 19 heavy (non-hydrogen) atoms. The van der Waals surface area contributed by atoms with Gasteiger partial charge in [0.1, 0.15) is 0 Å². The Morgan fingerprint density at radius 2 is 2.00 bits per heavy atom. The fourth-order valence-corrected chi connectivity index (χ4v) is 2.02. The summed E-state index contributed by atoms with van der Waals surface area (Å²) < 4.78 is 15.2. The maximum absolute atomic E-state index is 9.51. The van der Waals surface area contributed by atoms with Gasteiger partial charge in [0.2, 0.25) is 0 Å². The molecule has 0 bridgehead atoms. The average molecular weight is 290 g/mol. The van der Waals surface area contributed by atoms with Gasteiger partial charge in [0, 0.05) is 20.2 Å². The van der Waals surface area contributed by atoms with Crippen LogP contribution in [-0.2, 0) is 11.3 Å². The van der Waals surface area contributed by atoms with Crippen LogP contribution in [0.15, 0.2) is 12.1 Å². The summed E-state index contributed by atoms with van der Waals surface area (Å²) in [6.45, 7) is 1.32. The summed E-state index contributed by atoms with van der Waals surface area (Å²) in [6.07, 6.45) is -0.527. The van der Waals surface area contributed by atoms with Gasteiger partial charge in [-0.3, -0.25) is 0 Å². The van der Waals surface area contributed by atoms with E-state index in [2.05, 4.69) is 5.32 Å². The summed E-state index contributed by atoms with van der Waals surface area (Å²) >= 11 is 6.10. The van der Waals surface area contributed by atoms with Crippen LogP contribution in [0.1, 0.15) is 5.56 Å². The van der Waals surface area contributed by atoms with E-state index in [1.54, 1.807) is 27.4 Å². The monoisotopic (exact) mass is 289 g/mol. The maximum atomic E-state index is 9.51. The van der Waals surface area contributed by atoms with Crippen LogP contribution in [0.4, 0.5) is 0 Å². The summed E-state index contributed by atoms with van der Waals surface area (Å²) in [4.78, 5) is 0. The minimum absolute atomic E-state index is 0.305. The Morgan fingerprint density at radius 3 is 2.58 bits per heavy atom. The molecule has 5 nitrogen and oxygen atoms in total. The molecular formula is C13H20ClNO4. The number of methoxy groups -OCH3 is 3. The van der Waals surface area contributed by atoms with Gasteiger partial charge in [0.25, 0.3) is 0 Å². The van der Waals surface area contributed by atoms with Crippen molar-refractivity contribution < 1.29 is 19.3 Å². The van der Waals surface area contributed by atoms with Crippen LogP contribution >= 0.6 is 11.6 Å². The predicted molar refractivity (Wildman–Crippen MR) is 74.1 cm³/mol. The van der Waals surface area contributed by atoms with Gasteiger partial charge in [-0.2, -0.15) is 0 Å². The fourth-order valence-electron chi connectivity index (χ4n) is 1.71. The molecule has 0 radical (unpaired) electrons. The number of ether oxygens (including phenoxy) is 3. The zero-order valence-corrected chi connectivity index (χ0v) is 12.2. The fraction of sp³-hybridized carbons (Fsp3) is 0.538. The van der Waals surface area contributed by atoms with E-state index in [9.17, 15) is 5.11 Å². The second-order valence-electron chi connectivity index (χ2n) is 4.05. The van der Waals surface area contributed by atoms with Crippen molar-refractivity contribution in [2.75, 3.05) is 34.5 Å². The smallest absolute Gasteiger partial charge is 0.179 e. The van der Waals surface area contributed by atoms with Crippen LogP contribution in [-0.4, -0.2) is 45.7 Å². The van der Waals surface area contributed by atoms with E-state index in [1.807, 2.05) is 6.07 Å². The second kappa shape index (κ2) is 8.22. The van der Waals surface area contributed by atoms with E-state index in [0.717, 1.165) is 5.56 Å². The Morgan fingerprint density at radius 1 is 1.26 bits per heavy atom. The molecule has 0 fully saturated rings. The first-order chi connectivity index (χ1) is 9.12. The molecule has 0 aliphatic rings. The maximum Gasteiger partial charge on any atom is 0.179 e. The third kappa shape index (κ3) is 4.87. The highest BCUT2D eigenvalue weighted by molar-refractivity contribution is 6.32. The van der Waals surface area contributed by atoms with Crippen LogP contribution in [0.5, 0.6) is 11.5 Å². The lowest BCUT2D eigenvalue weighted by Gasteiger charge is -2.13. The van der Waals surface area contributed by atoms with Crippen molar-refractivity contribution in [1.82, 2.24) is 5.32 Å². The quantitative estimate of drug-likeness (QED) is 0.759. The molecule has 2 N–H and O–H groups in total. The van der Waals surface area contributed by atoms with Crippen LogP contribution in [0.3, 0.4) is 0 Å². The topological polar surface area (TPSA) is 60.0 Å². The molecule has 1 aromatic carbocycles. The Kier molecular flexibility index (Phi) is 6.94. The summed E-state index contributed by atoms with van der Waals surface area (Å²) in [5.41, 5.74) is 0.951. The third-order valence-corrected chi connectivity index (χ3v) is 2.84. The molecule has 1 rings (SSSR count). The van der Waals surface area contributed by atoms with Gasteiger partial charge >= 0.3 is 0 Å². The van der Waals surface area contributed by atoms with E-state index in [0.29, 0.717) is 36.2 Å². The lowest BCUT2D eigenvalue weighted by atomic mass is 10.2. The number of hydrogen-bond acceptors (Lipinski definition) is 5. The van der Waals surface area contributed by atoms with E-state index in [-0.39, 0.29) is 0 Å². The normalized spacial score (nSPS) is 12.3. The van der Waals surface area contributed by atoms with Crippen molar-refractivity contribution in [3.05, 3.63) is 22.7 Å². The largest absolute Gasteiger partial charge is 0.493 e. The Hall–Kier alpha value is -1.01. The van der Waals surface area contributed by atoms with Crippen molar-refractivity contribution in [1.29, 1.82) is 0 Å². The lowest BCUT2D eigenvalue weighted by Crippen LogP contribution is -2.29. The molecule has 0 aromatic heterocycles. The lowest BCUT2D eigenvalue weighted by molar-refractivity contribution is 0.0644. The van der Waals surface area contributed by atoms with Crippen molar-refractivity contribution in [3.63, 3.8) is 0 Å². The molecule has 6 heteroatoms. The summed E-state index contributed by atoms with van der Waals surface area (Å²) in [7, 11) is 4.66. The number of rotatable bonds is 8. The summed E-state index contributed by atoms with van der Waals surface area (Å²) in [5, 5.41) is 13.1. The number of halogens is 1. The molecule has 0 amide bonds. The number of benzene rings is 1. The molecule has 1 unspecified atom stereocenters. The van der Waals surface area contributed by atoms with Crippen molar-refractivity contribution in [3.8, 4) is 11.5 Å². The zero-order valence-electron chi connectivity index (χ0n) is 11.4. The number of aliphatic hydroxyl groups excluding tert-OH is 1. The first-order valence-electron chi connectivity index (χ1n) is 5.90. The summed E-state index contributed by atoms with van der Waals surface area (Å²) in [6, 6.07) is 3.65. The zero-order chi connectivity index (χ0) is 14.3. The van der Waals surface area contributed by atoms with E-state index >= 15 is 0 Å². The van der Waals surface area contributed by atoms with Gasteiger partial charge in [-0.1, -0.05) is 11.6 Å². The Labute approximate surface area is 118 Å². The van der Waals surface area contributed by atoms with Crippen LogP contribution < -0.4 is 14.8 Å².